The predicted octanol–water partition coefficient (Wildman–Crippen LogP) is 16.0. The first-order valence-electron chi connectivity index (χ1n) is 22.6. The van der Waals surface area contributed by atoms with Gasteiger partial charge in [0.1, 0.15) is 0 Å². The molecule has 0 aliphatic heterocycles. The van der Waals surface area contributed by atoms with Crippen LogP contribution < -0.4 is 0 Å². The van der Waals surface area contributed by atoms with Crippen LogP contribution in [0.2, 0.25) is 0 Å². The molecule has 0 N–H and O–H groups in total. The van der Waals surface area contributed by atoms with Crippen LogP contribution in [0.1, 0.15) is 55.6 Å². The molecule has 0 saturated carbocycles. The number of rotatable bonds is 2. The molecule has 2 spiro atoms. The smallest absolute Gasteiger partial charge is 0.0619 e. The van der Waals surface area contributed by atoms with Crippen molar-refractivity contribution in [2.75, 3.05) is 0 Å². The molecule has 0 atom stereocenters. The zero-order valence-corrected chi connectivity index (χ0v) is 35.9. The molecule has 64 heavy (non-hydrogen) atoms. The van der Waals surface area contributed by atoms with Crippen molar-refractivity contribution in [3.8, 4) is 66.8 Å². The second kappa shape index (κ2) is 13.9. The van der Waals surface area contributed by atoms with Gasteiger partial charge in [0, 0.05) is 0 Å². The fourth-order valence-electron chi connectivity index (χ4n) is 12.2. The summed E-state index contributed by atoms with van der Waals surface area (Å²) in [6, 6.07) is 85.7. The van der Waals surface area contributed by atoms with E-state index >= 15 is 0 Å². The second-order valence-corrected chi connectivity index (χ2v) is 18.0. The standard InChI is InChI=1S/2C32H22/c1-21-17-19-22(20-18-21)23-12-8-13-27-26-11-4-7-16-30(26)32(31(23)27)28-14-5-2-9-24(28)25-10-3-6-15-29(25)32;1-21-14-16-22(17-15-21)23-18-19-31-27(20-23)26-10-4-7-13-30(26)32(31)28-11-5-2-8-24(28)25-9-3-6-12-29(25)32/h2*2-20H,1H3. The fourth-order valence-corrected chi connectivity index (χ4v) is 12.2. The molecule has 0 heteroatoms. The van der Waals surface area contributed by atoms with E-state index < -0.39 is 0 Å². The van der Waals surface area contributed by atoms with E-state index in [1.807, 2.05) is 0 Å². The third kappa shape index (κ3) is 4.89. The summed E-state index contributed by atoms with van der Waals surface area (Å²) in [7, 11) is 0. The van der Waals surface area contributed by atoms with Crippen LogP contribution >= 0.6 is 0 Å². The Balaban J connectivity index is 0.000000129. The van der Waals surface area contributed by atoms with Gasteiger partial charge in [-0.2, -0.15) is 0 Å². The highest BCUT2D eigenvalue weighted by molar-refractivity contribution is 5.99. The molecular weight excluding hydrogens is 769 g/mol. The Morgan fingerprint density at radius 2 is 0.531 bits per heavy atom. The van der Waals surface area contributed by atoms with Crippen molar-refractivity contribution in [1.29, 1.82) is 0 Å². The molecular formula is C64H44. The third-order valence-electron chi connectivity index (χ3n) is 14.8. The Bertz CT molecular complexity index is 3390. The molecule has 0 fully saturated rings. The Labute approximate surface area is 375 Å². The van der Waals surface area contributed by atoms with Crippen LogP contribution in [-0.2, 0) is 10.8 Å². The number of fused-ring (bicyclic) bond motifs is 20. The molecule has 0 amide bonds. The SMILES string of the molecule is Cc1ccc(-c2ccc3c(c2)-c2ccccc2C32c3ccccc3-c3ccccc32)cc1.Cc1ccc(-c2cccc3c2C2(c4ccccc4-c4ccccc42)c2ccccc2-3)cc1. The summed E-state index contributed by atoms with van der Waals surface area (Å²) < 4.78 is 0. The van der Waals surface area contributed by atoms with Crippen LogP contribution in [0.15, 0.2) is 231 Å². The van der Waals surface area contributed by atoms with E-state index in [1.165, 1.54) is 122 Å². The highest BCUT2D eigenvalue weighted by Crippen LogP contribution is 2.65. The van der Waals surface area contributed by atoms with Gasteiger partial charge >= 0.3 is 0 Å². The first-order chi connectivity index (χ1) is 31.6. The lowest BCUT2D eigenvalue weighted by Crippen LogP contribution is -2.26. The van der Waals surface area contributed by atoms with E-state index in [2.05, 4.69) is 244 Å². The average molecular weight is 813 g/mol. The minimum Gasteiger partial charge on any atom is -0.0619 e. The van der Waals surface area contributed by atoms with Gasteiger partial charge in [-0.15, -0.1) is 0 Å². The molecule has 0 bridgehead atoms. The van der Waals surface area contributed by atoms with E-state index in [4.69, 9.17) is 0 Å². The zero-order valence-electron chi connectivity index (χ0n) is 35.9. The van der Waals surface area contributed by atoms with Crippen LogP contribution in [-0.4, -0.2) is 0 Å². The van der Waals surface area contributed by atoms with Gasteiger partial charge in [0.2, 0.25) is 0 Å². The minimum atomic E-state index is -0.291. The Hall–Kier alpha value is -7.80. The molecule has 10 aromatic carbocycles. The lowest BCUT2D eigenvalue weighted by molar-refractivity contribution is 0.794. The number of aryl methyl sites for hydroxylation is 2. The van der Waals surface area contributed by atoms with Crippen molar-refractivity contribution >= 4 is 0 Å². The summed E-state index contributed by atoms with van der Waals surface area (Å²) in [5.74, 6) is 0. The molecule has 0 unspecified atom stereocenters. The highest BCUT2D eigenvalue weighted by Gasteiger charge is 2.53. The van der Waals surface area contributed by atoms with Crippen LogP contribution in [0, 0.1) is 13.8 Å². The summed E-state index contributed by atoms with van der Waals surface area (Å²) in [6.45, 7) is 4.29. The van der Waals surface area contributed by atoms with Gasteiger partial charge in [-0.05, 0) is 131 Å². The van der Waals surface area contributed by atoms with Crippen LogP contribution in [0.3, 0.4) is 0 Å². The van der Waals surface area contributed by atoms with Gasteiger partial charge in [0.05, 0.1) is 10.8 Å². The third-order valence-corrected chi connectivity index (χ3v) is 14.8. The summed E-state index contributed by atoms with van der Waals surface area (Å²) in [5, 5.41) is 0. The van der Waals surface area contributed by atoms with E-state index in [0.717, 1.165) is 0 Å². The number of benzene rings is 10. The van der Waals surface area contributed by atoms with Crippen LogP contribution in [0.25, 0.3) is 66.8 Å². The molecule has 0 nitrogen and oxygen atoms in total. The maximum Gasteiger partial charge on any atom is 0.0731 e. The average Bonchev–Trinajstić information content (AvgIpc) is 4.04. The molecule has 0 saturated heterocycles. The molecule has 0 heterocycles. The van der Waals surface area contributed by atoms with Crippen molar-refractivity contribution in [2.24, 2.45) is 0 Å². The summed E-state index contributed by atoms with van der Waals surface area (Å²) in [6.07, 6.45) is 0. The van der Waals surface area contributed by atoms with Crippen molar-refractivity contribution in [2.45, 2.75) is 24.7 Å². The molecule has 10 aromatic rings. The molecule has 14 rings (SSSR count). The molecule has 300 valence electrons. The number of hydrogen-bond acceptors (Lipinski definition) is 0. The Kier molecular flexibility index (Phi) is 7.97. The van der Waals surface area contributed by atoms with E-state index in [0.29, 0.717) is 0 Å². The summed E-state index contributed by atoms with van der Waals surface area (Å²) >= 11 is 0. The first kappa shape index (κ1) is 36.8. The quantitative estimate of drug-likeness (QED) is 0.163. The van der Waals surface area contributed by atoms with Gasteiger partial charge in [-0.1, -0.05) is 236 Å². The summed E-state index contributed by atoms with van der Waals surface area (Å²) in [4.78, 5) is 0. The van der Waals surface area contributed by atoms with Gasteiger partial charge in [-0.25, -0.2) is 0 Å². The van der Waals surface area contributed by atoms with E-state index in [1.54, 1.807) is 0 Å². The summed E-state index contributed by atoms with van der Waals surface area (Å²) in [5.41, 5.74) is 29.2. The monoisotopic (exact) mass is 812 g/mol. The van der Waals surface area contributed by atoms with Crippen molar-refractivity contribution in [3.05, 3.63) is 286 Å². The lowest BCUT2D eigenvalue weighted by atomic mass is 9.68. The predicted molar refractivity (Wildman–Crippen MR) is 266 cm³/mol. The van der Waals surface area contributed by atoms with Gasteiger partial charge in [0.15, 0.2) is 0 Å². The molecule has 0 aromatic heterocycles. The number of hydrogen-bond donors (Lipinski definition) is 0. The fraction of sp³-hybridized carbons (Fsp3) is 0.0625. The van der Waals surface area contributed by atoms with Crippen molar-refractivity contribution < 1.29 is 0 Å². The minimum absolute atomic E-state index is 0.245. The van der Waals surface area contributed by atoms with Crippen molar-refractivity contribution in [3.63, 3.8) is 0 Å². The molecule has 0 radical (unpaired) electrons. The molecule has 4 aliphatic carbocycles. The van der Waals surface area contributed by atoms with E-state index in [-0.39, 0.29) is 10.8 Å². The Morgan fingerprint density at radius 1 is 0.219 bits per heavy atom. The maximum absolute atomic E-state index is 2.40. The van der Waals surface area contributed by atoms with Crippen LogP contribution in [0.5, 0.6) is 0 Å². The highest BCUT2D eigenvalue weighted by atomic mass is 14.5. The Morgan fingerprint density at radius 3 is 0.984 bits per heavy atom. The lowest BCUT2D eigenvalue weighted by Gasteiger charge is -2.32. The largest absolute Gasteiger partial charge is 0.0731 e. The van der Waals surface area contributed by atoms with E-state index in [9.17, 15) is 0 Å². The van der Waals surface area contributed by atoms with Gasteiger partial charge in [0.25, 0.3) is 0 Å². The topological polar surface area (TPSA) is 0 Å². The maximum atomic E-state index is 2.40. The second-order valence-electron chi connectivity index (χ2n) is 18.0. The van der Waals surface area contributed by atoms with Crippen molar-refractivity contribution in [1.82, 2.24) is 0 Å². The molecule has 4 aliphatic rings. The first-order valence-corrected chi connectivity index (χ1v) is 22.6. The van der Waals surface area contributed by atoms with Gasteiger partial charge < -0.3 is 0 Å². The van der Waals surface area contributed by atoms with Gasteiger partial charge in [-0.3, -0.25) is 0 Å². The zero-order chi connectivity index (χ0) is 42.6. The normalized spacial score (nSPS) is 14.0. The van der Waals surface area contributed by atoms with Crippen LogP contribution in [0.4, 0.5) is 0 Å².